The van der Waals surface area contributed by atoms with Gasteiger partial charge in [0.05, 0.1) is 18.2 Å². The van der Waals surface area contributed by atoms with Gasteiger partial charge in [0.25, 0.3) is 5.91 Å². The van der Waals surface area contributed by atoms with Crippen molar-refractivity contribution >= 4 is 50.2 Å². The molecule has 12 nitrogen and oxygen atoms in total. The van der Waals surface area contributed by atoms with E-state index in [0.717, 1.165) is 16.7 Å². The molecule has 6 rings (SSSR count). The van der Waals surface area contributed by atoms with Crippen molar-refractivity contribution in [1.82, 2.24) is 29.6 Å². The minimum atomic E-state index is -1.17. The van der Waals surface area contributed by atoms with Gasteiger partial charge in [-0.05, 0) is 65.5 Å². The summed E-state index contributed by atoms with van der Waals surface area (Å²) < 4.78 is 1.95. The molecule has 222 valence electrons. The van der Waals surface area contributed by atoms with Gasteiger partial charge in [-0.15, -0.1) is 0 Å². The molecule has 4 aromatic rings. The SMILES string of the molecule is CC(=O)c1nn(CC(=O)N2[C@H](C(=O)Nc3nc(Br)ccc3CO)C(O)[C@@]3(C)C[C@@H]23)c2c(C)cc(-c3cnc(C)nc3)cc12. The molecule has 0 radical (unpaired) electrons. The number of nitrogens with one attached hydrogen (secondary N) is 1. The number of Topliss-reactive ketones (excluding diaryl/α,β-unsaturated/α-hetero) is 1. The van der Waals surface area contributed by atoms with Crippen molar-refractivity contribution in [3.8, 4) is 11.1 Å². The Morgan fingerprint density at radius 2 is 1.86 bits per heavy atom. The first-order chi connectivity index (χ1) is 20.4. The molecule has 1 aromatic carbocycles. The molecule has 43 heavy (non-hydrogen) atoms. The number of halogens is 1. The van der Waals surface area contributed by atoms with Crippen molar-refractivity contribution in [3.05, 3.63) is 63.9 Å². The van der Waals surface area contributed by atoms with Crippen molar-refractivity contribution in [2.45, 2.75) is 65.5 Å². The zero-order chi connectivity index (χ0) is 30.8. The summed E-state index contributed by atoms with van der Waals surface area (Å²) in [5.41, 5.74) is 3.02. The maximum absolute atomic E-state index is 13.9. The molecule has 4 heterocycles. The van der Waals surface area contributed by atoms with Gasteiger partial charge in [0.2, 0.25) is 5.91 Å². The smallest absolute Gasteiger partial charge is 0.251 e. The summed E-state index contributed by atoms with van der Waals surface area (Å²) in [4.78, 5) is 54.4. The first kappa shape index (κ1) is 29.0. The van der Waals surface area contributed by atoms with Crippen LogP contribution in [0.2, 0.25) is 0 Å². The van der Waals surface area contributed by atoms with Crippen molar-refractivity contribution in [1.29, 1.82) is 0 Å². The van der Waals surface area contributed by atoms with E-state index in [-0.39, 0.29) is 36.5 Å². The van der Waals surface area contributed by atoms with Gasteiger partial charge in [-0.2, -0.15) is 5.10 Å². The number of rotatable bonds is 7. The summed E-state index contributed by atoms with van der Waals surface area (Å²) in [6.07, 6.45) is 2.89. The number of hydrogen-bond acceptors (Lipinski definition) is 9. The third-order valence-corrected chi connectivity index (χ3v) is 8.97. The van der Waals surface area contributed by atoms with Crippen molar-refractivity contribution in [2.24, 2.45) is 5.41 Å². The zero-order valence-corrected chi connectivity index (χ0v) is 25.6. The average molecular weight is 649 g/mol. The van der Waals surface area contributed by atoms with Gasteiger partial charge in [-0.1, -0.05) is 13.0 Å². The quantitative estimate of drug-likeness (QED) is 0.202. The lowest BCUT2D eigenvalue weighted by molar-refractivity contribution is -0.141. The first-order valence-corrected chi connectivity index (χ1v) is 14.6. The van der Waals surface area contributed by atoms with Gasteiger partial charge in [-0.25, -0.2) is 15.0 Å². The third-order valence-electron chi connectivity index (χ3n) is 8.53. The molecule has 1 aliphatic carbocycles. The number of fused-ring (bicyclic) bond motifs is 2. The van der Waals surface area contributed by atoms with Crippen molar-refractivity contribution in [2.75, 3.05) is 5.32 Å². The number of nitrogens with zero attached hydrogens (tertiary/aromatic N) is 6. The fourth-order valence-electron chi connectivity index (χ4n) is 6.11. The zero-order valence-electron chi connectivity index (χ0n) is 24.0. The Bertz CT molecular complexity index is 1810. The van der Waals surface area contributed by atoms with Gasteiger partial charge < -0.3 is 20.4 Å². The molecule has 1 aliphatic heterocycles. The second-order valence-corrected chi connectivity index (χ2v) is 12.3. The highest BCUT2D eigenvalue weighted by Crippen LogP contribution is 2.59. The minimum absolute atomic E-state index is 0.141. The molecular weight excluding hydrogens is 618 g/mol. The average Bonchev–Trinajstić information content (AvgIpc) is 3.41. The van der Waals surface area contributed by atoms with Crippen LogP contribution in [0.5, 0.6) is 0 Å². The number of aliphatic hydroxyl groups excluding tert-OH is 2. The number of likely N-dealkylation sites (tertiary alicyclic amines) is 1. The molecule has 2 amide bonds. The highest BCUT2D eigenvalue weighted by atomic mass is 79.9. The molecule has 2 fully saturated rings. The van der Waals surface area contributed by atoms with E-state index in [1.54, 1.807) is 31.5 Å². The highest BCUT2D eigenvalue weighted by Gasteiger charge is 2.70. The number of ketones is 1. The predicted molar refractivity (Wildman–Crippen MR) is 160 cm³/mol. The van der Waals surface area contributed by atoms with Gasteiger partial charge in [0.15, 0.2) is 5.78 Å². The molecule has 4 atom stereocenters. The molecule has 1 saturated heterocycles. The summed E-state index contributed by atoms with van der Waals surface area (Å²) in [5.74, 6) is -0.486. The molecule has 3 N–H and O–H groups in total. The fraction of sp³-hybridized carbons (Fsp3) is 0.367. The lowest BCUT2D eigenvalue weighted by Crippen LogP contribution is -2.51. The third kappa shape index (κ3) is 4.90. The van der Waals surface area contributed by atoms with E-state index < -0.39 is 29.4 Å². The van der Waals surface area contributed by atoms with E-state index in [9.17, 15) is 24.6 Å². The second kappa shape index (κ2) is 10.6. The van der Waals surface area contributed by atoms with Gasteiger partial charge in [0.1, 0.15) is 34.5 Å². The standard InChI is InChI=1S/C30H30BrN7O5/c1-14-7-18(19-10-32-16(3)33-11-19)8-20-24(15(2)40)36-37(25(14)20)12-23(41)38-21-9-30(21,4)27(42)26(38)29(43)35-28-17(13-39)5-6-22(31)34-28/h5-8,10-11,21,26-27,39,42H,9,12-13H2,1-4H3,(H,34,35,43)/t21-,26+,27?,30+/m1/s1. The number of hydrogen-bond donors (Lipinski definition) is 3. The molecule has 1 saturated carbocycles. The maximum Gasteiger partial charge on any atom is 0.251 e. The van der Waals surface area contributed by atoms with Crippen molar-refractivity contribution in [3.63, 3.8) is 0 Å². The van der Waals surface area contributed by atoms with Crippen LogP contribution < -0.4 is 5.32 Å². The Morgan fingerprint density at radius 1 is 1.14 bits per heavy atom. The molecule has 0 spiro atoms. The fourth-order valence-corrected chi connectivity index (χ4v) is 6.42. The van der Waals surface area contributed by atoms with Crippen LogP contribution in [-0.4, -0.2) is 75.6 Å². The van der Waals surface area contributed by atoms with E-state index in [1.807, 2.05) is 26.0 Å². The molecule has 2 aliphatic rings. The number of benzene rings is 1. The second-order valence-electron chi connectivity index (χ2n) is 11.5. The van der Waals surface area contributed by atoms with E-state index in [4.69, 9.17) is 0 Å². The highest BCUT2D eigenvalue weighted by molar-refractivity contribution is 9.10. The number of aryl methyl sites for hydroxylation is 2. The summed E-state index contributed by atoms with van der Waals surface area (Å²) in [7, 11) is 0. The van der Waals surface area contributed by atoms with Crippen LogP contribution in [0.25, 0.3) is 22.0 Å². The van der Waals surface area contributed by atoms with Crippen LogP contribution in [0.15, 0.2) is 41.3 Å². The number of aliphatic hydroxyl groups is 2. The number of pyridine rings is 1. The van der Waals surface area contributed by atoms with Crippen LogP contribution in [-0.2, 0) is 22.7 Å². The molecular formula is C30H30BrN7O5. The Balaban J connectivity index is 1.34. The van der Waals surface area contributed by atoms with E-state index in [1.165, 1.54) is 16.5 Å². The Labute approximate surface area is 255 Å². The monoisotopic (exact) mass is 647 g/mol. The maximum atomic E-state index is 13.9. The van der Waals surface area contributed by atoms with Crippen LogP contribution >= 0.6 is 15.9 Å². The minimum Gasteiger partial charge on any atom is -0.392 e. The summed E-state index contributed by atoms with van der Waals surface area (Å²) in [6.45, 7) is 6.37. The number of amides is 2. The number of anilines is 1. The van der Waals surface area contributed by atoms with Crippen molar-refractivity contribution < 1.29 is 24.6 Å². The van der Waals surface area contributed by atoms with Gasteiger partial charge in [0, 0.05) is 47.3 Å². The van der Waals surface area contributed by atoms with E-state index >= 15 is 0 Å². The summed E-state index contributed by atoms with van der Waals surface area (Å²) in [6, 6.07) is 5.53. The Hall–Kier alpha value is -4.07. The number of aromatic nitrogens is 5. The Morgan fingerprint density at radius 3 is 2.53 bits per heavy atom. The van der Waals surface area contributed by atoms with Crippen LogP contribution in [0.4, 0.5) is 5.82 Å². The predicted octanol–water partition coefficient (Wildman–Crippen LogP) is 2.95. The van der Waals surface area contributed by atoms with Gasteiger partial charge in [-0.3, -0.25) is 19.1 Å². The first-order valence-electron chi connectivity index (χ1n) is 13.8. The topological polar surface area (TPSA) is 163 Å². The molecule has 13 heteroatoms. The molecule has 0 bridgehead atoms. The number of carbonyl (C=O) groups is 3. The molecule has 1 unspecified atom stereocenters. The van der Waals surface area contributed by atoms with Crippen LogP contribution in [0.1, 0.15) is 47.7 Å². The van der Waals surface area contributed by atoms with Gasteiger partial charge >= 0.3 is 0 Å². The number of piperidine rings is 1. The lowest BCUT2D eigenvalue weighted by atomic mass is 9.97. The lowest BCUT2D eigenvalue weighted by Gasteiger charge is -2.29. The summed E-state index contributed by atoms with van der Waals surface area (Å²) >= 11 is 3.27. The number of carbonyl (C=O) groups excluding carboxylic acids is 3. The van der Waals surface area contributed by atoms with Crippen LogP contribution in [0.3, 0.4) is 0 Å². The summed E-state index contributed by atoms with van der Waals surface area (Å²) in [5, 5.41) is 28.8. The van der Waals surface area contributed by atoms with Crippen LogP contribution in [0, 0.1) is 19.3 Å². The molecule has 3 aromatic heterocycles. The van der Waals surface area contributed by atoms with E-state index in [2.05, 4.69) is 41.3 Å². The largest absolute Gasteiger partial charge is 0.392 e. The van der Waals surface area contributed by atoms with E-state index in [0.29, 0.717) is 33.3 Å². The Kier molecular flexibility index (Phi) is 7.14. The normalized spacial score (nSPS) is 22.5.